The normalized spacial score (nSPS) is 21.6. The van der Waals surface area contributed by atoms with Crippen molar-refractivity contribution in [3.8, 4) is 0 Å². The topological polar surface area (TPSA) is 49.6 Å². The van der Waals surface area contributed by atoms with Gasteiger partial charge in [0.15, 0.2) is 0 Å². The first-order valence-electron chi connectivity index (χ1n) is 6.91. The maximum Gasteiger partial charge on any atom is 0.239 e. The fraction of sp³-hybridized carbons (Fsp3) is 0.923. The number of carbonyl (C=O) groups is 1. The Balaban J connectivity index is 2.43. The smallest absolute Gasteiger partial charge is 0.239 e. The maximum absolute atomic E-state index is 12.2. The van der Waals surface area contributed by atoms with E-state index >= 15 is 0 Å². The molecule has 0 bridgehead atoms. The number of nitrogens with zero attached hydrogens (tertiary/aromatic N) is 2. The van der Waals surface area contributed by atoms with Gasteiger partial charge in [-0.2, -0.15) is 11.8 Å². The summed E-state index contributed by atoms with van der Waals surface area (Å²) in [7, 11) is 0. The van der Waals surface area contributed by atoms with E-state index in [1.807, 2.05) is 11.2 Å². The highest BCUT2D eigenvalue weighted by molar-refractivity contribution is 7.98. The molecule has 1 saturated heterocycles. The van der Waals surface area contributed by atoms with Crippen molar-refractivity contribution < 1.29 is 4.79 Å². The number of nitrogens with two attached hydrogens (primary N) is 1. The van der Waals surface area contributed by atoms with Crippen molar-refractivity contribution in [2.75, 3.05) is 38.2 Å². The molecular weight excluding hydrogens is 246 g/mol. The lowest BCUT2D eigenvalue weighted by atomic mass is 10.2. The summed E-state index contributed by atoms with van der Waals surface area (Å²) in [6.07, 6.45) is 3.92. The Labute approximate surface area is 115 Å². The molecule has 1 aliphatic rings. The van der Waals surface area contributed by atoms with Crippen LogP contribution in [0.2, 0.25) is 0 Å². The van der Waals surface area contributed by atoms with Crippen LogP contribution in [-0.2, 0) is 4.79 Å². The van der Waals surface area contributed by atoms with Crippen LogP contribution in [-0.4, -0.2) is 66.0 Å². The van der Waals surface area contributed by atoms with Crippen LogP contribution in [0.4, 0.5) is 0 Å². The number of thioether (sulfide) groups is 1. The molecule has 1 amide bonds. The highest BCUT2D eigenvalue weighted by atomic mass is 32.2. The van der Waals surface area contributed by atoms with E-state index in [1.165, 1.54) is 0 Å². The molecule has 0 saturated carbocycles. The Hall–Kier alpha value is -0.260. The van der Waals surface area contributed by atoms with Gasteiger partial charge in [-0.25, -0.2) is 0 Å². The zero-order chi connectivity index (χ0) is 13.5. The molecule has 0 radical (unpaired) electrons. The average Bonchev–Trinajstić information content (AvgIpc) is 2.86. The quantitative estimate of drug-likeness (QED) is 0.752. The molecule has 2 N–H and O–H groups in total. The molecule has 0 spiro atoms. The Morgan fingerprint density at radius 2 is 2.17 bits per heavy atom. The number of carbonyl (C=O) groups excluding carboxylic acids is 1. The van der Waals surface area contributed by atoms with Crippen LogP contribution >= 0.6 is 11.8 Å². The highest BCUT2D eigenvalue weighted by Crippen LogP contribution is 2.16. The molecule has 5 heteroatoms. The van der Waals surface area contributed by atoms with Gasteiger partial charge >= 0.3 is 0 Å². The second kappa shape index (κ2) is 8.02. The molecule has 106 valence electrons. The van der Waals surface area contributed by atoms with Gasteiger partial charge < -0.3 is 10.6 Å². The van der Waals surface area contributed by atoms with Gasteiger partial charge in [-0.15, -0.1) is 0 Å². The molecule has 0 aromatic heterocycles. The first kappa shape index (κ1) is 15.8. The molecule has 1 aliphatic heterocycles. The van der Waals surface area contributed by atoms with Crippen molar-refractivity contribution in [1.82, 2.24) is 9.80 Å². The predicted molar refractivity (Wildman–Crippen MR) is 78.9 cm³/mol. The van der Waals surface area contributed by atoms with Crippen LogP contribution in [0.1, 0.15) is 26.7 Å². The highest BCUT2D eigenvalue weighted by Gasteiger charge is 2.31. The fourth-order valence-electron chi connectivity index (χ4n) is 2.58. The molecule has 1 rings (SSSR count). The van der Waals surface area contributed by atoms with Crippen LogP contribution in [0.5, 0.6) is 0 Å². The minimum absolute atomic E-state index is 0.138. The zero-order valence-electron chi connectivity index (χ0n) is 11.9. The van der Waals surface area contributed by atoms with Gasteiger partial charge in [-0.05, 0) is 37.9 Å². The van der Waals surface area contributed by atoms with E-state index in [0.29, 0.717) is 6.04 Å². The summed E-state index contributed by atoms with van der Waals surface area (Å²) in [5.74, 6) is 1.10. The molecule has 1 fully saturated rings. The molecule has 0 aromatic rings. The monoisotopic (exact) mass is 273 g/mol. The number of likely N-dealkylation sites (tertiary alicyclic amines) is 1. The van der Waals surface area contributed by atoms with Gasteiger partial charge in [0.25, 0.3) is 0 Å². The van der Waals surface area contributed by atoms with Gasteiger partial charge in [0.1, 0.15) is 0 Å². The Morgan fingerprint density at radius 1 is 1.50 bits per heavy atom. The van der Waals surface area contributed by atoms with Crippen LogP contribution in [0, 0.1) is 0 Å². The van der Waals surface area contributed by atoms with Gasteiger partial charge in [-0.3, -0.25) is 9.69 Å². The summed E-state index contributed by atoms with van der Waals surface area (Å²) in [6, 6.07) is 0.213. The largest absolute Gasteiger partial charge is 0.340 e. The number of amides is 1. The molecule has 4 nitrogen and oxygen atoms in total. The Kier molecular flexibility index (Phi) is 7.04. The Bertz CT molecular complexity index is 259. The molecule has 2 atom stereocenters. The number of rotatable bonds is 7. The van der Waals surface area contributed by atoms with Crippen molar-refractivity contribution >= 4 is 17.7 Å². The third kappa shape index (κ3) is 4.14. The van der Waals surface area contributed by atoms with E-state index in [4.69, 9.17) is 5.73 Å². The Morgan fingerprint density at radius 3 is 2.72 bits per heavy atom. The summed E-state index contributed by atoms with van der Waals surface area (Å²) in [5.41, 5.74) is 5.95. The lowest BCUT2D eigenvalue weighted by Gasteiger charge is -2.26. The van der Waals surface area contributed by atoms with Gasteiger partial charge in [-0.1, -0.05) is 13.8 Å². The van der Waals surface area contributed by atoms with Crippen LogP contribution in [0.3, 0.4) is 0 Å². The number of likely N-dealkylation sites (N-methyl/N-ethyl adjacent to an activating group) is 1. The van der Waals surface area contributed by atoms with Crippen LogP contribution < -0.4 is 5.73 Å². The van der Waals surface area contributed by atoms with E-state index in [9.17, 15) is 4.79 Å². The molecule has 0 aliphatic carbocycles. The molecule has 0 aromatic carbocycles. The first-order valence-corrected chi connectivity index (χ1v) is 8.30. The molecule has 1 unspecified atom stereocenters. The van der Waals surface area contributed by atoms with Crippen molar-refractivity contribution in [3.63, 3.8) is 0 Å². The van der Waals surface area contributed by atoms with Crippen molar-refractivity contribution in [2.45, 2.75) is 38.8 Å². The van der Waals surface area contributed by atoms with Crippen molar-refractivity contribution in [1.29, 1.82) is 0 Å². The van der Waals surface area contributed by atoms with Gasteiger partial charge in [0.05, 0.1) is 6.04 Å². The lowest BCUT2D eigenvalue weighted by Crippen LogP contribution is -2.45. The first-order chi connectivity index (χ1) is 8.63. The molecular formula is C13H27N3OS. The van der Waals surface area contributed by atoms with Crippen molar-refractivity contribution in [2.24, 2.45) is 5.73 Å². The summed E-state index contributed by atoms with van der Waals surface area (Å²) in [6.45, 7) is 8.19. The second-order valence-corrected chi connectivity index (χ2v) is 5.82. The predicted octanol–water partition coefficient (Wildman–Crippen LogP) is 1.01. The summed E-state index contributed by atoms with van der Waals surface area (Å²) in [5, 5.41) is 0. The molecule has 18 heavy (non-hydrogen) atoms. The SMILES string of the molecule is CCN(CC)C1CCN(C(=O)[C@H](N)CCSC)C1. The van der Waals surface area contributed by atoms with Gasteiger partial charge in [0, 0.05) is 19.1 Å². The maximum atomic E-state index is 12.2. The lowest BCUT2D eigenvalue weighted by molar-refractivity contribution is -0.131. The van der Waals surface area contributed by atoms with Crippen LogP contribution in [0.15, 0.2) is 0 Å². The van der Waals surface area contributed by atoms with Gasteiger partial charge in [0.2, 0.25) is 5.91 Å². The van der Waals surface area contributed by atoms with Crippen molar-refractivity contribution in [3.05, 3.63) is 0 Å². The number of hydrogen-bond acceptors (Lipinski definition) is 4. The fourth-order valence-corrected chi connectivity index (χ4v) is 3.07. The van der Waals surface area contributed by atoms with E-state index in [0.717, 1.165) is 44.8 Å². The minimum Gasteiger partial charge on any atom is -0.340 e. The summed E-state index contributed by atoms with van der Waals surface area (Å²) < 4.78 is 0. The van der Waals surface area contributed by atoms with E-state index in [2.05, 4.69) is 18.7 Å². The van der Waals surface area contributed by atoms with E-state index < -0.39 is 0 Å². The summed E-state index contributed by atoms with van der Waals surface area (Å²) in [4.78, 5) is 16.6. The minimum atomic E-state index is -0.312. The van der Waals surface area contributed by atoms with E-state index in [-0.39, 0.29) is 11.9 Å². The van der Waals surface area contributed by atoms with E-state index in [1.54, 1.807) is 11.8 Å². The summed E-state index contributed by atoms with van der Waals surface area (Å²) >= 11 is 1.74. The third-order valence-corrected chi connectivity index (χ3v) is 4.40. The number of hydrogen-bond donors (Lipinski definition) is 1. The van der Waals surface area contributed by atoms with Crippen LogP contribution in [0.25, 0.3) is 0 Å². The third-order valence-electron chi connectivity index (χ3n) is 3.75. The standard InChI is InChI=1S/C13H27N3OS/c1-4-15(5-2)11-6-8-16(10-11)13(17)12(14)7-9-18-3/h11-12H,4-10,14H2,1-3H3/t11?,12-/m1/s1. The zero-order valence-corrected chi connectivity index (χ0v) is 12.7. The molecule has 1 heterocycles. The second-order valence-electron chi connectivity index (χ2n) is 4.84. The average molecular weight is 273 g/mol.